The summed E-state index contributed by atoms with van der Waals surface area (Å²) in [5, 5.41) is 11.0. The van der Waals surface area contributed by atoms with Crippen LogP contribution in [0.3, 0.4) is 0 Å². The van der Waals surface area contributed by atoms with Gasteiger partial charge in [-0.2, -0.15) is 0 Å². The van der Waals surface area contributed by atoms with Crippen LogP contribution in [-0.4, -0.2) is 39.5 Å². The molecular formula is C15H13BrN2O3. The normalized spacial score (nSPS) is 18.1. The van der Waals surface area contributed by atoms with Gasteiger partial charge in [-0.3, -0.25) is 9.78 Å². The minimum atomic E-state index is -0.939. The second kappa shape index (κ2) is 5.44. The van der Waals surface area contributed by atoms with Crippen LogP contribution in [0.15, 0.2) is 35.1 Å². The van der Waals surface area contributed by atoms with Gasteiger partial charge in [-0.05, 0) is 46.3 Å². The smallest absolute Gasteiger partial charge is 0.326 e. The fourth-order valence-corrected chi connectivity index (χ4v) is 3.18. The van der Waals surface area contributed by atoms with Crippen molar-refractivity contribution in [1.82, 2.24) is 9.88 Å². The van der Waals surface area contributed by atoms with Crippen LogP contribution in [0.1, 0.15) is 23.2 Å². The van der Waals surface area contributed by atoms with Crippen LogP contribution < -0.4 is 0 Å². The van der Waals surface area contributed by atoms with Crippen LogP contribution in [-0.2, 0) is 4.79 Å². The number of carboxylic acids is 1. The number of carbonyl (C=O) groups excluding carboxylic acids is 1. The molecule has 2 aromatic rings. The van der Waals surface area contributed by atoms with Crippen molar-refractivity contribution in [3.05, 3.63) is 40.6 Å². The maximum Gasteiger partial charge on any atom is 0.326 e. The minimum absolute atomic E-state index is 0.234. The van der Waals surface area contributed by atoms with Crippen LogP contribution in [0, 0.1) is 0 Å². The number of rotatable bonds is 2. The Morgan fingerprint density at radius 1 is 1.33 bits per heavy atom. The highest BCUT2D eigenvalue weighted by atomic mass is 79.9. The lowest BCUT2D eigenvalue weighted by Gasteiger charge is -2.21. The summed E-state index contributed by atoms with van der Waals surface area (Å²) in [7, 11) is 0. The summed E-state index contributed by atoms with van der Waals surface area (Å²) < 4.78 is 0.864. The van der Waals surface area contributed by atoms with E-state index in [1.54, 1.807) is 24.5 Å². The topological polar surface area (TPSA) is 70.5 Å². The van der Waals surface area contributed by atoms with Gasteiger partial charge in [0, 0.05) is 34.4 Å². The van der Waals surface area contributed by atoms with Gasteiger partial charge >= 0.3 is 5.97 Å². The first-order valence-corrected chi connectivity index (χ1v) is 7.44. The molecule has 0 unspecified atom stereocenters. The molecule has 0 aliphatic carbocycles. The Morgan fingerprint density at radius 3 is 2.90 bits per heavy atom. The van der Waals surface area contributed by atoms with E-state index in [0.29, 0.717) is 18.5 Å². The Kier molecular flexibility index (Phi) is 3.63. The zero-order valence-electron chi connectivity index (χ0n) is 11.1. The number of carboxylic acid groups (broad SMARTS) is 1. The molecule has 1 atom stereocenters. The van der Waals surface area contributed by atoms with E-state index >= 15 is 0 Å². The zero-order chi connectivity index (χ0) is 15.0. The van der Waals surface area contributed by atoms with E-state index in [4.69, 9.17) is 0 Å². The van der Waals surface area contributed by atoms with Crippen molar-refractivity contribution in [2.75, 3.05) is 6.54 Å². The molecule has 0 radical (unpaired) electrons. The molecule has 1 aromatic heterocycles. The number of nitrogens with zero attached hydrogens (tertiary/aromatic N) is 2. The van der Waals surface area contributed by atoms with Crippen LogP contribution in [0.2, 0.25) is 0 Å². The lowest BCUT2D eigenvalue weighted by Crippen LogP contribution is -2.40. The summed E-state index contributed by atoms with van der Waals surface area (Å²) in [6.45, 7) is 0.491. The highest BCUT2D eigenvalue weighted by Gasteiger charge is 2.34. The molecule has 1 aromatic carbocycles. The number of amides is 1. The number of aliphatic carboxylic acids is 1. The van der Waals surface area contributed by atoms with Crippen molar-refractivity contribution in [2.24, 2.45) is 0 Å². The molecular weight excluding hydrogens is 336 g/mol. The zero-order valence-corrected chi connectivity index (χ0v) is 12.7. The molecule has 5 nitrogen and oxygen atoms in total. The summed E-state index contributed by atoms with van der Waals surface area (Å²) in [5.41, 5.74) is 0.496. The molecule has 3 rings (SSSR count). The third-order valence-corrected chi connectivity index (χ3v) is 4.39. The van der Waals surface area contributed by atoms with Crippen LogP contribution in [0.25, 0.3) is 10.8 Å². The lowest BCUT2D eigenvalue weighted by molar-refractivity contribution is -0.141. The molecule has 1 fully saturated rings. The van der Waals surface area contributed by atoms with Crippen molar-refractivity contribution in [1.29, 1.82) is 0 Å². The third kappa shape index (κ3) is 2.51. The molecule has 1 aliphatic rings. The largest absolute Gasteiger partial charge is 0.480 e. The molecule has 1 amide bonds. The fourth-order valence-electron chi connectivity index (χ4n) is 2.70. The first kappa shape index (κ1) is 14.0. The van der Waals surface area contributed by atoms with E-state index in [1.165, 1.54) is 4.90 Å². The Hall–Kier alpha value is -1.95. The first-order valence-electron chi connectivity index (χ1n) is 6.65. The van der Waals surface area contributed by atoms with Gasteiger partial charge in [0.25, 0.3) is 5.91 Å². The van der Waals surface area contributed by atoms with Crippen LogP contribution >= 0.6 is 15.9 Å². The summed E-state index contributed by atoms with van der Waals surface area (Å²) in [6.07, 6.45) is 4.63. The van der Waals surface area contributed by atoms with Crippen LogP contribution in [0.4, 0.5) is 0 Å². The maximum atomic E-state index is 12.5. The molecule has 1 aliphatic heterocycles. The lowest BCUT2D eigenvalue weighted by atomic mass is 10.1. The van der Waals surface area contributed by atoms with Crippen LogP contribution in [0.5, 0.6) is 0 Å². The number of benzene rings is 1. The van der Waals surface area contributed by atoms with Gasteiger partial charge in [-0.1, -0.05) is 6.07 Å². The molecule has 0 bridgehead atoms. The van der Waals surface area contributed by atoms with Crippen molar-refractivity contribution in [2.45, 2.75) is 18.9 Å². The average Bonchev–Trinajstić information content (AvgIpc) is 2.96. The number of hydrogen-bond donors (Lipinski definition) is 1. The summed E-state index contributed by atoms with van der Waals surface area (Å²) in [6, 6.07) is 4.62. The molecule has 1 saturated heterocycles. The minimum Gasteiger partial charge on any atom is -0.480 e. The van der Waals surface area contributed by atoms with Gasteiger partial charge in [0.1, 0.15) is 6.04 Å². The average molecular weight is 349 g/mol. The third-order valence-electron chi connectivity index (χ3n) is 3.76. The van der Waals surface area contributed by atoms with Gasteiger partial charge < -0.3 is 10.0 Å². The molecule has 0 spiro atoms. The van der Waals surface area contributed by atoms with E-state index in [2.05, 4.69) is 20.9 Å². The predicted molar refractivity (Wildman–Crippen MR) is 81.1 cm³/mol. The summed E-state index contributed by atoms with van der Waals surface area (Å²) in [4.78, 5) is 29.2. The summed E-state index contributed by atoms with van der Waals surface area (Å²) in [5.74, 6) is -1.17. The number of aromatic nitrogens is 1. The Morgan fingerprint density at radius 2 is 2.14 bits per heavy atom. The van der Waals surface area contributed by atoms with E-state index in [-0.39, 0.29) is 5.91 Å². The SMILES string of the molecule is O=C(O)[C@@H]1CCCN1C(=O)c1ccc2c(Br)cncc2c1. The monoisotopic (exact) mass is 348 g/mol. The highest BCUT2D eigenvalue weighted by molar-refractivity contribution is 9.10. The quantitative estimate of drug-likeness (QED) is 0.905. The summed E-state index contributed by atoms with van der Waals surface area (Å²) >= 11 is 3.42. The van der Waals surface area contributed by atoms with E-state index < -0.39 is 12.0 Å². The number of fused-ring (bicyclic) bond motifs is 1. The Bertz CT molecular complexity index is 732. The molecule has 2 heterocycles. The fraction of sp³-hybridized carbons (Fsp3) is 0.267. The highest BCUT2D eigenvalue weighted by Crippen LogP contribution is 2.25. The van der Waals surface area contributed by atoms with E-state index in [0.717, 1.165) is 21.7 Å². The van der Waals surface area contributed by atoms with Crippen molar-refractivity contribution >= 4 is 38.6 Å². The predicted octanol–water partition coefficient (Wildman–Crippen LogP) is 2.69. The molecule has 108 valence electrons. The van der Waals surface area contributed by atoms with Gasteiger partial charge in [-0.15, -0.1) is 0 Å². The van der Waals surface area contributed by atoms with Gasteiger partial charge in [0.05, 0.1) is 0 Å². The van der Waals surface area contributed by atoms with Gasteiger partial charge in [-0.25, -0.2) is 4.79 Å². The number of carbonyl (C=O) groups is 2. The molecule has 6 heteroatoms. The van der Waals surface area contributed by atoms with Crippen molar-refractivity contribution < 1.29 is 14.7 Å². The van der Waals surface area contributed by atoms with Gasteiger partial charge in [0.15, 0.2) is 0 Å². The standard InChI is InChI=1S/C15H13BrN2O3/c16-12-8-17-7-10-6-9(3-4-11(10)12)14(19)18-5-1-2-13(18)15(20)21/h3-4,6-8,13H,1-2,5H2,(H,20,21)/t13-/m0/s1. The molecule has 0 saturated carbocycles. The molecule has 21 heavy (non-hydrogen) atoms. The Labute approximate surface area is 129 Å². The van der Waals surface area contributed by atoms with E-state index in [1.807, 2.05) is 6.07 Å². The van der Waals surface area contributed by atoms with Gasteiger partial charge in [0.2, 0.25) is 0 Å². The van der Waals surface area contributed by atoms with Crippen molar-refractivity contribution in [3.8, 4) is 0 Å². The second-order valence-corrected chi connectivity index (χ2v) is 5.91. The molecule has 1 N–H and O–H groups in total. The van der Waals surface area contributed by atoms with Crippen molar-refractivity contribution in [3.63, 3.8) is 0 Å². The number of likely N-dealkylation sites (tertiary alicyclic amines) is 1. The van der Waals surface area contributed by atoms with E-state index in [9.17, 15) is 14.7 Å². The first-order chi connectivity index (χ1) is 10.1. The number of pyridine rings is 1. The maximum absolute atomic E-state index is 12.5. The number of halogens is 1. The number of hydrogen-bond acceptors (Lipinski definition) is 3. The Balaban J connectivity index is 1.96. The second-order valence-electron chi connectivity index (χ2n) is 5.05.